The van der Waals surface area contributed by atoms with E-state index in [1.165, 1.54) is 0 Å². The van der Waals surface area contributed by atoms with Crippen molar-refractivity contribution in [2.75, 3.05) is 13.1 Å². The number of halogens is 1. The van der Waals surface area contributed by atoms with Crippen LogP contribution in [0.25, 0.3) is 0 Å². The lowest BCUT2D eigenvalue weighted by atomic mass is 10.1. The second kappa shape index (κ2) is 7.27. The third-order valence-corrected chi connectivity index (χ3v) is 4.22. The van der Waals surface area contributed by atoms with Crippen LogP contribution in [-0.4, -0.2) is 45.8 Å². The summed E-state index contributed by atoms with van der Waals surface area (Å²) in [4.78, 5) is 14.6. The standard InChI is InChI=1S/C18H20ClN3O3/c1-18(2,25-14-7-5-13(19)6-8-14)17(23)22-11-9-15(12-22)24-16-4-3-10-20-21-16/h3-8,10,15H,9,11-12H2,1-2H3. The number of hydrogen-bond donors (Lipinski definition) is 0. The quantitative estimate of drug-likeness (QED) is 0.819. The van der Waals surface area contributed by atoms with Crippen LogP contribution in [0.5, 0.6) is 11.6 Å². The van der Waals surface area contributed by atoms with Gasteiger partial charge in [-0.2, -0.15) is 5.10 Å². The van der Waals surface area contributed by atoms with E-state index >= 15 is 0 Å². The Morgan fingerprint density at radius 3 is 2.72 bits per heavy atom. The van der Waals surface area contributed by atoms with Crippen LogP contribution in [0.15, 0.2) is 42.6 Å². The van der Waals surface area contributed by atoms with Gasteiger partial charge >= 0.3 is 0 Å². The first-order valence-corrected chi connectivity index (χ1v) is 8.50. The molecule has 1 fully saturated rings. The summed E-state index contributed by atoms with van der Waals surface area (Å²) in [6.07, 6.45) is 2.25. The van der Waals surface area contributed by atoms with Crippen molar-refractivity contribution in [3.8, 4) is 11.6 Å². The maximum atomic E-state index is 12.8. The molecule has 1 saturated heterocycles. The second-order valence-corrected chi connectivity index (χ2v) is 6.84. The number of carbonyl (C=O) groups excluding carboxylic acids is 1. The molecule has 1 aliphatic heterocycles. The molecule has 0 bridgehead atoms. The summed E-state index contributed by atoms with van der Waals surface area (Å²) >= 11 is 5.88. The minimum absolute atomic E-state index is 0.0762. The van der Waals surface area contributed by atoms with Gasteiger partial charge in [-0.3, -0.25) is 4.79 Å². The van der Waals surface area contributed by atoms with Crippen molar-refractivity contribution < 1.29 is 14.3 Å². The largest absolute Gasteiger partial charge is 0.478 e. The molecule has 3 rings (SSSR count). The molecule has 0 spiro atoms. The summed E-state index contributed by atoms with van der Waals surface area (Å²) in [5, 5.41) is 8.33. The Labute approximate surface area is 151 Å². The van der Waals surface area contributed by atoms with E-state index < -0.39 is 5.60 Å². The molecule has 0 saturated carbocycles. The van der Waals surface area contributed by atoms with Crippen LogP contribution in [-0.2, 0) is 4.79 Å². The Kier molecular flexibility index (Phi) is 5.08. The summed E-state index contributed by atoms with van der Waals surface area (Å²) < 4.78 is 11.6. The van der Waals surface area contributed by atoms with E-state index in [0.717, 1.165) is 6.42 Å². The van der Waals surface area contributed by atoms with Gasteiger partial charge in [0.1, 0.15) is 11.9 Å². The predicted octanol–water partition coefficient (Wildman–Crippen LogP) is 2.97. The van der Waals surface area contributed by atoms with Crippen LogP contribution in [0.3, 0.4) is 0 Å². The fourth-order valence-corrected chi connectivity index (χ4v) is 2.88. The average Bonchev–Trinajstić information content (AvgIpc) is 3.05. The Balaban J connectivity index is 1.59. The molecular weight excluding hydrogens is 342 g/mol. The van der Waals surface area contributed by atoms with E-state index in [1.54, 1.807) is 61.3 Å². The molecular formula is C18H20ClN3O3. The number of likely N-dealkylation sites (tertiary alicyclic amines) is 1. The monoisotopic (exact) mass is 361 g/mol. The van der Waals surface area contributed by atoms with Gasteiger partial charge in [0.25, 0.3) is 5.91 Å². The first-order valence-electron chi connectivity index (χ1n) is 8.12. The number of aromatic nitrogens is 2. The van der Waals surface area contributed by atoms with Crippen LogP contribution in [0.4, 0.5) is 0 Å². The van der Waals surface area contributed by atoms with Gasteiger partial charge < -0.3 is 14.4 Å². The molecule has 0 N–H and O–H groups in total. The van der Waals surface area contributed by atoms with Crippen molar-refractivity contribution in [3.05, 3.63) is 47.6 Å². The number of hydrogen-bond acceptors (Lipinski definition) is 5. The molecule has 1 amide bonds. The van der Waals surface area contributed by atoms with Crippen LogP contribution >= 0.6 is 11.6 Å². The fraction of sp³-hybridized carbons (Fsp3) is 0.389. The molecule has 1 aliphatic rings. The van der Waals surface area contributed by atoms with E-state index in [-0.39, 0.29) is 12.0 Å². The number of carbonyl (C=O) groups is 1. The van der Waals surface area contributed by atoms with Gasteiger partial charge in [-0.25, -0.2) is 0 Å². The first kappa shape index (κ1) is 17.5. The minimum atomic E-state index is -0.977. The molecule has 6 nitrogen and oxygen atoms in total. The molecule has 7 heteroatoms. The van der Waals surface area contributed by atoms with Crippen LogP contribution in [0.2, 0.25) is 5.02 Å². The fourth-order valence-electron chi connectivity index (χ4n) is 2.75. The Morgan fingerprint density at radius 1 is 1.28 bits per heavy atom. The predicted molar refractivity (Wildman–Crippen MR) is 93.8 cm³/mol. The highest BCUT2D eigenvalue weighted by Gasteiger charge is 2.38. The number of rotatable bonds is 5. The zero-order valence-corrected chi connectivity index (χ0v) is 14.9. The van der Waals surface area contributed by atoms with E-state index in [1.807, 2.05) is 0 Å². The zero-order chi connectivity index (χ0) is 17.9. The van der Waals surface area contributed by atoms with Crippen LogP contribution in [0.1, 0.15) is 20.3 Å². The van der Waals surface area contributed by atoms with E-state index in [2.05, 4.69) is 10.2 Å². The molecule has 132 valence electrons. The van der Waals surface area contributed by atoms with Crippen molar-refractivity contribution in [2.45, 2.75) is 32.0 Å². The maximum absolute atomic E-state index is 12.8. The SMILES string of the molecule is CC(C)(Oc1ccc(Cl)cc1)C(=O)N1CCC(Oc2cccnn2)C1. The van der Waals surface area contributed by atoms with Crippen LogP contribution in [0, 0.1) is 0 Å². The summed E-state index contributed by atoms with van der Waals surface area (Å²) in [7, 11) is 0. The van der Waals surface area contributed by atoms with Gasteiger partial charge in [-0.15, -0.1) is 5.10 Å². The maximum Gasteiger partial charge on any atom is 0.266 e. The molecule has 1 aromatic heterocycles. The van der Waals surface area contributed by atoms with Crippen molar-refractivity contribution >= 4 is 17.5 Å². The highest BCUT2D eigenvalue weighted by atomic mass is 35.5. The summed E-state index contributed by atoms with van der Waals surface area (Å²) in [5.74, 6) is 1.00. The van der Waals surface area contributed by atoms with Crippen molar-refractivity contribution in [3.63, 3.8) is 0 Å². The summed E-state index contributed by atoms with van der Waals surface area (Å²) in [6.45, 7) is 4.65. The third kappa shape index (κ3) is 4.39. The van der Waals surface area contributed by atoms with E-state index in [9.17, 15) is 4.79 Å². The molecule has 1 unspecified atom stereocenters. The van der Waals surface area contributed by atoms with E-state index in [4.69, 9.17) is 21.1 Å². The smallest absolute Gasteiger partial charge is 0.266 e. The van der Waals surface area contributed by atoms with E-state index in [0.29, 0.717) is 29.7 Å². The van der Waals surface area contributed by atoms with Gasteiger partial charge in [-0.05, 0) is 44.2 Å². The normalized spacial score (nSPS) is 17.4. The summed E-state index contributed by atoms with van der Waals surface area (Å²) in [5.41, 5.74) is -0.977. The van der Waals surface area contributed by atoms with Gasteiger partial charge in [0.15, 0.2) is 5.60 Å². The first-order chi connectivity index (χ1) is 11.9. The Morgan fingerprint density at radius 2 is 2.04 bits per heavy atom. The Bertz CT molecular complexity index is 722. The Hall–Kier alpha value is -2.34. The van der Waals surface area contributed by atoms with Crippen LogP contribution < -0.4 is 9.47 Å². The molecule has 0 radical (unpaired) electrons. The second-order valence-electron chi connectivity index (χ2n) is 6.41. The lowest BCUT2D eigenvalue weighted by Gasteiger charge is -2.30. The van der Waals surface area contributed by atoms with Crippen molar-refractivity contribution in [1.29, 1.82) is 0 Å². The van der Waals surface area contributed by atoms with Gasteiger partial charge in [0, 0.05) is 30.3 Å². The number of ether oxygens (including phenoxy) is 2. The molecule has 2 aromatic rings. The van der Waals surface area contributed by atoms with Gasteiger partial charge in [0.05, 0.1) is 6.54 Å². The third-order valence-electron chi connectivity index (χ3n) is 3.97. The summed E-state index contributed by atoms with van der Waals surface area (Å²) in [6, 6.07) is 10.5. The zero-order valence-electron chi connectivity index (χ0n) is 14.2. The van der Waals surface area contributed by atoms with Gasteiger partial charge in [-0.1, -0.05) is 11.6 Å². The minimum Gasteiger partial charge on any atom is -0.478 e. The molecule has 1 atom stereocenters. The van der Waals surface area contributed by atoms with Gasteiger partial charge in [0.2, 0.25) is 5.88 Å². The molecule has 25 heavy (non-hydrogen) atoms. The lowest BCUT2D eigenvalue weighted by molar-refractivity contribution is -0.144. The van der Waals surface area contributed by atoms with Crippen molar-refractivity contribution in [2.24, 2.45) is 0 Å². The lowest BCUT2D eigenvalue weighted by Crippen LogP contribution is -2.48. The highest BCUT2D eigenvalue weighted by molar-refractivity contribution is 6.30. The number of benzene rings is 1. The highest BCUT2D eigenvalue weighted by Crippen LogP contribution is 2.24. The van der Waals surface area contributed by atoms with Crippen molar-refractivity contribution in [1.82, 2.24) is 15.1 Å². The molecule has 1 aromatic carbocycles. The average molecular weight is 362 g/mol. The number of amides is 1. The molecule has 2 heterocycles. The topological polar surface area (TPSA) is 64.5 Å². The number of nitrogens with zero attached hydrogens (tertiary/aromatic N) is 3. The molecule has 0 aliphatic carbocycles.